The highest BCUT2D eigenvalue weighted by Crippen LogP contribution is 2.53. The molecule has 0 spiro atoms. The van der Waals surface area contributed by atoms with E-state index < -0.39 is 23.9 Å². The Bertz CT molecular complexity index is 2940. The Morgan fingerprint density at radius 3 is 0.967 bits per heavy atom. The Hall–Kier alpha value is -8.50. The monoisotopic (exact) mass is 782 g/mol. The zero-order valence-corrected chi connectivity index (χ0v) is 31.2. The smallest absolute Gasteiger partial charge is 0.347 e. The van der Waals surface area contributed by atoms with Gasteiger partial charge < -0.3 is 28.7 Å². The number of rotatable bonds is 4. The van der Waals surface area contributed by atoms with Crippen LogP contribution < -0.4 is 19.3 Å². The van der Waals surface area contributed by atoms with E-state index in [-0.39, 0.29) is 33.0 Å². The van der Waals surface area contributed by atoms with E-state index >= 15 is 0 Å². The van der Waals surface area contributed by atoms with Crippen LogP contribution >= 0.6 is 0 Å². The highest BCUT2D eigenvalue weighted by atomic mass is 16.6. The number of esters is 4. The molecule has 284 valence electrons. The summed E-state index contributed by atoms with van der Waals surface area (Å²) in [5, 5.41) is 0.344. The van der Waals surface area contributed by atoms with Crippen LogP contribution in [0.4, 0.5) is 34.1 Å². The van der Waals surface area contributed by atoms with Gasteiger partial charge in [0.05, 0.1) is 45.0 Å². The first-order valence-corrected chi connectivity index (χ1v) is 19.1. The van der Waals surface area contributed by atoms with Crippen molar-refractivity contribution in [2.75, 3.05) is 9.80 Å². The van der Waals surface area contributed by atoms with Gasteiger partial charge in [0.15, 0.2) is 23.0 Å². The molecule has 0 N–H and O–H groups in total. The minimum absolute atomic E-state index is 0.0576. The van der Waals surface area contributed by atoms with Gasteiger partial charge in [0.2, 0.25) is 0 Å². The molecule has 8 aromatic carbocycles. The third-order valence-corrected chi connectivity index (χ3v) is 11.4. The van der Waals surface area contributed by atoms with E-state index in [0.717, 1.165) is 34.1 Å². The summed E-state index contributed by atoms with van der Waals surface area (Å²) >= 11 is 0. The van der Waals surface area contributed by atoms with Gasteiger partial charge >= 0.3 is 23.9 Å². The molecule has 0 aliphatic carbocycles. The van der Waals surface area contributed by atoms with Gasteiger partial charge in [0.25, 0.3) is 0 Å². The maximum absolute atomic E-state index is 13.8. The molecule has 0 radical (unpaired) electrons. The van der Waals surface area contributed by atoms with Gasteiger partial charge in [-0.25, -0.2) is 19.2 Å². The third kappa shape index (κ3) is 4.82. The van der Waals surface area contributed by atoms with Crippen molar-refractivity contribution in [3.05, 3.63) is 180 Å². The number of nitrogens with zero attached hydrogens (tertiary/aromatic N) is 2. The lowest BCUT2D eigenvalue weighted by Crippen LogP contribution is -2.26. The second-order valence-corrected chi connectivity index (χ2v) is 14.6. The van der Waals surface area contributed by atoms with Crippen molar-refractivity contribution in [1.82, 2.24) is 0 Å². The van der Waals surface area contributed by atoms with Crippen molar-refractivity contribution in [3.8, 4) is 45.3 Å². The zero-order chi connectivity index (χ0) is 40.2. The molecule has 12 rings (SSSR count). The number of fused-ring (bicyclic) bond motifs is 4. The molecule has 4 heterocycles. The summed E-state index contributed by atoms with van der Waals surface area (Å²) in [6.45, 7) is 0. The Labute approximate surface area is 341 Å². The molecule has 0 aromatic heterocycles. The summed E-state index contributed by atoms with van der Waals surface area (Å²) in [6.07, 6.45) is 0. The molecule has 0 bridgehead atoms. The fourth-order valence-electron chi connectivity index (χ4n) is 8.76. The van der Waals surface area contributed by atoms with E-state index in [0.29, 0.717) is 45.3 Å². The minimum Gasteiger partial charge on any atom is -0.453 e. The van der Waals surface area contributed by atoms with Gasteiger partial charge in [-0.1, -0.05) is 72.8 Å². The van der Waals surface area contributed by atoms with Gasteiger partial charge in [0.1, 0.15) is 0 Å². The van der Waals surface area contributed by atoms with E-state index in [1.807, 2.05) is 146 Å². The van der Waals surface area contributed by atoms with Crippen LogP contribution in [0.15, 0.2) is 158 Å². The van der Waals surface area contributed by atoms with Gasteiger partial charge in [-0.2, -0.15) is 0 Å². The zero-order valence-electron chi connectivity index (χ0n) is 31.2. The van der Waals surface area contributed by atoms with Crippen LogP contribution in [0.5, 0.6) is 23.0 Å². The van der Waals surface area contributed by atoms with Crippen molar-refractivity contribution in [2.45, 2.75) is 0 Å². The maximum Gasteiger partial charge on any atom is 0.347 e. The number of carbonyl (C=O) groups is 4. The highest BCUT2D eigenvalue weighted by Gasteiger charge is 2.40. The van der Waals surface area contributed by atoms with Crippen molar-refractivity contribution in [3.63, 3.8) is 0 Å². The van der Waals surface area contributed by atoms with Crippen LogP contribution in [-0.2, 0) is 9.47 Å². The average Bonchev–Trinajstić information content (AvgIpc) is 3.28. The molecular weight excluding hydrogens is 757 g/mol. The van der Waals surface area contributed by atoms with Crippen LogP contribution in [0, 0.1) is 0 Å². The normalized spacial score (nSPS) is 14.3. The highest BCUT2D eigenvalue weighted by molar-refractivity contribution is 6.32. The largest absolute Gasteiger partial charge is 0.453 e. The van der Waals surface area contributed by atoms with Gasteiger partial charge in [-0.3, -0.25) is 0 Å². The third-order valence-electron chi connectivity index (χ3n) is 11.4. The standard InChI is InChI=1S/C50H26N2O8/c53-47-33-25-31(27-17-21-29(22-18-27)51-35-9-1-5-13-39(35)57-40-14-6-2-10-36(40)51)45-43-34(48(54)59-49(45)55)26-32(46(44(33)43)50(56)60-47)28-19-23-30(24-20-28)52-37-11-3-7-15-41(37)58-42-16-8-4-12-38(42)52/h1-26H. The van der Waals surface area contributed by atoms with Crippen LogP contribution in [0.1, 0.15) is 41.4 Å². The predicted molar refractivity (Wildman–Crippen MR) is 224 cm³/mol. The van der Waals surface area contributed by atoms with Gasteiger partial charge in [-0.05, 0) is 107 Å². The van der Waals surface area contributed by atoms with Crippen LogP contribution in [0.25, 0.3) is 33.0 Å². The van der Waals surface area contributed by atoms with Gasteiger partial charge in [-0.15, -0.1) is 0 Å². The Morgan fingerprint density at radius 1 is 0.317 bits per heavy atom. The van der Waals surface area contributed by atoms with E-state index in [4.69, 9.17) is 18.9 Å². The van der Waals surface area contributed by atoms with E-state index in [1.54, 1.807) is 12.1 Å². The number of hydrogen-bond donors (Lipinski definition) is 0. The number of cyclic esters (lactones) is 4. The van der Waals surface area contributed by atoms with Crippen molar-refractivity contribution in [1.29, 1.82) is 0 Å². The van der Waals surface area contributed by atoms with Crippen molar-refractivity contribution in [2.24, 2.45) is 0 Å². The average molecular weight is 783 g/mol. The van der Waals surface area contributed by atoms with Crippen molar-refractivity contribution >= 4 is 68.8 Å². The molecule has 8 aromatic rings. The lowest BCUT2D eigenvalue weighted by molar-refractivity contribution is 0.0366. The second kappa shape index (κ2) is 12.5. The number of benzene rings is 8. The SMILES string of the molecule is O=C1OC(=O)c2c(-c3ccc(N4c5ccccc5Oc5ccccc54)cc3)cc3c4c(c(-c5ccc(N6c7ccccc7Oc7ccccc76)cc5)cc1c24)C(=O)OC3=O. The van der Waals surface area contributed by atoms with Crippen molar-refractivity contribution < 1.29 is 38.1 Å². The Morgan fingerprint density at radius 2 is 0.633 bits per heavy atom. The summed E-state index contributed by atoms with van der Waals surface area (Å²) in [5.41, 5.74) is 7.18. The Balaban J connectivity index is 0.999. The topological polar surface area (TPSA) is 112 Å². The first-order valence-electron chi connectivity index (χ1n) is 19.1. The molecule has 0 fully saturated rings. The van der Waals surface area contributed by atoms with Crippen LogP contribution in [0.2, 0.25) is 0 Å². The fourth-order valence-corrected chi connectivity index (χ4v) is 8.76. The molecule has 10 nitrogen and oxygen atoms in total. The predicted octanol–water partition coefficient (Wildman–Crippen LogP) is 11.9. The molecule has 0 saturated heterocycles. The first-order chi connectivity index (χ1) is 29.4. The molecule has 4 aliphatic heterocycles. The summed E-state index contributed by atoms with van der Waals surface area (Å²) in [6, 6.07) is 49.0. The number of ether oxygens (including phenoxy) is 4. The van der Waals surface area contributed by atoms with Crippen LogP contribution in [0.3, 0.4) is 0 Å². The summed E-state index contributed by atoms with van der Waals surface area (Å²) < 4.78 is 23.1. The summed E-state index contributed by atoms with van der Waals surface area (Å²) in [5.74, 6) is -0.723. The number of carbonyl (C=O) groups excluding carboxylic acids is 4. The first kappa shape index (κ1) is 33.6. The lowest BCUT2D eigenvalue weighted by Gasteiger charge is -2.33. The fraction of sp³-hybridized carbons (Fsp3) is 0. The second-order valence-electron chi connectivity index (χ2n) is 14.6. The minimum atomic E-state index is -0.882. The number of hydrogen-bond acceptors (Lipinski definition) is 10. The molecule has 4 aliphatic rings. The van der Waals surface area contributed by atoms with E-state index in [1.165, 1.54) is 0 Å². The number of para-hydroxylation sites is 8. The lowest BCUT2D eigenvalue weighted by atomic mass is 9.81. The quantitative estimate of drug-likeness (QED) is 0.126. The molecule has 0 unspecified atom stereocenters. The molecule has 0 saturated carbocycles. The van der Waals surface area contributed by atoms with Gasteiger partial charge in [0, 0.05) is 22.1 Å². The number of anilines is 6. The maximum atomic E-state index is 13.8. The molecule has 60 heavy (non-hydrogen) atoms. The summed E-state index contributed by atoms with van der Waals surface area (Å²) in [7, 11) is 0. The summed E-state index contributed by atoms with van der Waals surface area (Å²) in [4.78, 5) is 59.0. The van der Waals surface area contributed by atoms with E-state index in [9.17, 15) is 19.2 Å². The van der Waals surface area contributed by atoms with Crippen LogP contribution in [-0.4, -0.2) is 23.9 Å². The Kier molecular flexibility index (Phi) is 7.00. The van der Waals surface area contributed by atoms with E-state index in [2.05, 4.69) is 9.80 Å². The molecular formula is C50H26N2O8. The molecule has 10 heteroatoms. The molecule has 0 atom stereocenters. The molecule has 0 amide bonds.